The van der Waals surface area contributed by atoms with Crippen LogP contribution >= 0.6 is 0 Å². The maximum atomic E-state index is 13.0. The highest BCUT2D eigenvalue weighted by atomic mass is 16.2. The zero-order valence-corrected chi connectivity index (χ0v) is 14.2. The first-order chi connectivity index (χ1) is 11.7. The monoisotopic (exact) mass is 326 g/mol. The van der Waals surface area contributed by atoms with E-state index in [1.165, 1.54) is 18.9 Å². The van der Waals surface area contributed by atoms with Crippen molar-refractivity contribution in [2.75, 3.05) is 19.6 Å². The number of piperidine rings is 1. The van der Waals surface area contributed by atoms with Gasteiger partial charge in [0.05, 0.1) is 5.41 Å². The van der Waals surface area contributed by atoms with Crippen LogP contribution in [0.4, 0.5) is 0 Å². The lowest BCUT2D eigenvalue weighted by molar-refractivity contribution is -0.133. The fourth-order valence-corrected chi connectivity index (χ4v) is 3.61. The highest BCUT2D eigenvalue weighted by molar-refractivity contribution is 5.90. The molecule has 0 spiro atoms. The second kappa shape index (κ2) is 7.20. The highest BCUT2D eigenvalue weighted by Gasteiger charge is 2.43. The second-order valence-corrected chi connectivity index (χ2v) is 6.97. The molecular formula is C20H26N2O2. The maximum Gasteiger partial charge on any atom is 0.245 e. The van der Waals surface area contributed by atoms with Crippen molar-refractivity contribution >= 4 is 11.8 Å². The highest BCUT2D eigenvalue weighted by Crippen LogP contribution is 2.36. The third kappa shape index (κ3) is 3.53. The van der Waals surface area contributed by atoms with Gasteiger partial charge in [-0.05, 0) is 36.8 Å². The molecule has 0 radical (unpaired) electrons. The fraction of sp³-hybridized carbons (Fsp3) is 0.500. The van der Waals surface area contributed by atoms with Crippen LogP contribution in [0.25, 0.3) is 0 Å². The minimum absolute atomic E-state index is 0.0502. The van der Waals surface area contributed by atoms with Crippen LogP contribution in [-0.2, 0) is 15.0 Å². The van der Waals surface area contributed by atoms with Crippen LogP contribution < -0.4 is 5.32 Å². The number of hydrogen-bond donors (Lipinski definition) is 1. The van der Waals surface area contributed by atoms with E-state index in [2.05, 4.69) is 11.9 Å². The average Bonchev–Trinajstić information content (AvgIpc) is 3.46. The van der Waals surface area contributed by atoms with Crippen molar-refractivity contribution in [3.8, 4) is 0 Å². The zero-order chi connectivity index (χ0) is 17.0. The van der Waals surface area contributed by atoms with Crippen LogP contribution in [0.3, 0.4) is 0 Å². The zero-order valence-electron chi connectivity index (χ0n) is 14.2. The third-order valence-corrected chi connectivity index (χ3v) is 5.40. The topological polar surface area (TPSA) is 49.4 Å². The van der Waals surface area contributed by atoms with Gasteiger partial charge in [-0.2, -0.15) is 0 Å². The molecule has 128 valence electrons. The summed E-state index contributed by atoms with van der Waals surface area (Å²) in [6.07, 6.45) is 6.36. The number of carbonyl (C=O) groups is 2. The van der Waals surface area contributed by atoms with E-state index in [4.69, 9.17) is 0 Å². The van der Waals surface area contributed by atoms with Gasteiger partial charge in [0.1, 0.15) is 0 Å². The van der Waals surface area contributed by atoms with Crippen molar-refractivity contribution in [3.63, 3.8) is 0 Å². The Morgan fingerprint density at radius 1 is 1.21 bits per heavy atom. The number of hydrogen-bond acceptors (Lipinski definition) is 2. The van der Waals surface area contributed by atoms with Crippen LogP contribution in [0.15, 0.2) is 43.0 Å². The van der Waals surface area contributed by atoms with E-state index in [-0.39, 0.29) is 11.8 Å². The maximum absolute atomic E-state index is 13.0. The molecule has 0 aromatic heterocycles. The molecule has 0 bridgehead atoms. The van der Waals surface area contributed by atoms with Crippen LogP contribution in [-0.4, -0.2) is 36.3 Å². The molecule has 3 rings (SSSR count). The number of nitrogens with zero attached hydrogens (tertiary/aromatic N) is 1. The molecule has 2 amide bonds. The largest absolute Gasteiger partial charge is 0.355 e. The summed E-state index contributed by atoms with van der Waals surface area (Å²) in [6, 6.07) is 10.0. The number of benzene rings is 1. The van der Waals surface area contributed by atoms with Gasteiger partial charge in [0, 0.05) is 19.6 Å². The van der Waals surface area contributed by atoms with E-state index in [9.17, 15) is 9.59 Å². The molecule has 1 N–H and O–H groups in total. The summed E-state index contributed by atoms with van der Waals surface area (Å²) in [5.74, 6) is 0.871. The Labute approximate surface area is 143 Å². The van der Waals surface area contributed by atoms with Crippen molar-refractivity contribution in [2.45, 2.75) is 37.5 Å². The molecule has 0 atom stereocenters. The van der Waals surface area contributed by atoms with Crippen LogP contribution in [0.5, 0.6) is 0 Å². The Kier molecular flexibility index (Phi) is 5.03. The van der Waals surface area contributed by atoms with Gasteiger partial charge in [-0.3, -0.25) is 9.59 Å². The molecule has 1 aromatic carbocycles. The van der Waals surface area contributed by atoms with Crippen molar-refractivity contribution in [3.05, 3.63) is 48.6 Å². The molecule has 2 aliphatic rings. The summed E-state index contributed by atoms with van der Waals surface area (Å²) in [5, 5.41) is 3.16. The Bertz CT molecular complexity index is 599. The SMILES string of the molecule is C=CC(=O)N1CCC(C(=O)NCCC2CC2)(c2ccccc2)CC1. The Morgan fingerprint density at radius 2 is 1.88 bits per heavy atom. The molecule has 1 saturated heterocycles. The first-order valence-electron chi connectivity index (χ1n) is 8.91. The third-order valence-electron chi connectivity index (χ3n) is 5.40. The van der Waals surface area contributed by atoms with Gasteiger partial charge < -0.3 is 10.2 Å². The van der Waals surface area contributed by atoms with Crippen molar-refractivity contribution in [1.82, 2.24) is 10.2 Å². The Morgan fingerprint density at radius 3 is 2.46 bits per heavy atom. The van der Waals surface area contributed by atoms with E-state index in [1.807, 2.05) is 30.3 Å². The van der Waals surface area contributed by atoms with E-state index in [0.717, 1.165) is 24.4 Å². The lowest BCUT2D eigenvalue weighted by Crippen LogP contribution is -2.52. The van der Waals surface area contributed by atoms with E-state index in [1.54, 1.807) is 4.90 Å². The number of amides is 2. The first-order valence-corrected chi connectivity index (χ1v) is 8.91. The predicted molar refractivity (Wildman–Crippen MR) is 94.5 cm³/mol. The molecule has 4 heteroatoms. The normalized spacial score (nSPS) is 19.6. The number of likely N-dealkylation sites (tertiary alicyclic amines) is 1. The summed E-state index contributed by atoms with van der Waals surface area (Å²) < 4.78 is 0. The summed E-state index contributed by atoms with van der Waals surface area (Å²) >= 11 is 0. The van der Waals surface area contributed by atoms with Crippen LogP contribution in [0.1, 0.15) is 37.7 Å². The van der Waals surface area contributed by atoms with Gasteiger partial charge >= 0.3 is 0 Å². The summed E-state index contributed by atoms with van der Waals surface area (Å²) in [6.45, 7) is 5.50. The number of rotatable bonds is 6. The fourth-order valence-electron chi connectivity index (χ4n) is 3.61. The van der Waals surface area contributed by atoms with Crippen LogP contribution in [0, 0.1) is 5.92 Å². The average molecular weight is 326 g/mol. The molecule has 1 aliphatic carbocycles. The van der Waals surface area contributed by atoms with Crippen molar-refractivity contribution in [2.24, 2.45) is 5.92 Å². The smallest absolute Gasteiger partial charge is 0.245 e. The molecule has 2 fully saturated rings. The molecule has 1 heterocycles. The van der Waals surface area contributed by atoms with Gasteiger partial charge in [0.2, 0.25) is 11.8 Å². The summed E-state index contributed by atoms with van der Waals surface area (Å²) in [5.41, 5.74) is 0.530. The Balaban J connectivity index is 1.73. The summed E-state index contributed by atoms with van der Waals surface area (Å²) in [4.78, 5) is 26.7. The second-order valence-electron chi connectivity index (χ2n) is 6.97. The number of carbonyl (C=O) groups excluding carboxylic acids is 2. The Hall–Kier alpha value is -2.10. The summed E-state index contributed by atoms with van der Waals surface area (Å²) in [7, 11) is 0. The molecule has 1 aliphatic heterocycles. The lowest BCUT2D eigenvalue weighted by Gasteiger charge is -2.40. The van der Waals surface area contributed by atoms with E-state index in [0.29, 0.717) is 25.9 Å². The van der Waals surface area contributed by atoms with E-state index < -0.39 is 5.41 Å². The van der Waals surface area contributed by atoms with Crippen LogP contribution in [0.2, 0.25) is 0 Å². The van der Waals surface area contributed by atoms with E-state index >= 15 is 0 Å². The lowest BCUT2D eigenvalue weighted by atomic mass is 9.72. The molecule has 1 aromatic rings. The molecule has 0 unspecified atom stereocenters. The molecule has 24 heavy (non-hydrogen) atoms. The van der Waals surface area contributed by atoms with Gasteiger partial charge in [0.25, 0.3) is 0 Å². The predicted octanol–water partition coefficient (Wildman–Crippen LogP) is 2.65. The quantitative estimate of drug-likeness (QED) is 0.817. The molecule has 1 saturated carbocycles. The standard InChI is InChI=1S/C20H26N2O2/c1-2-18(23)22-14-11-20(12-15-22,17-6-4-3-5-7-17)19(24)21-13-10-16-8-9-16/h2-7,16H,1,8-15H2,(H,21,24). The molecule has 4 nitrogen and oxygen atoms in total. The minimum atomic E-state index is -0.525. The van der Waals surface area contributed by atoms with Gasteiger partial charge in [-0.1, -0.05) is 49.8 Å². The van der Waals surface area contributed by atoms with Crippen molar-refractivity contribution in [1.29, 1.82) is 0 Å². The van der Waals surface area contributed by atoms with Gasteiger partial charge in [0.15, 0.2) is 0 Å². The van der Waals surface area contributed by atoms with Gasteiger partial charge in [-0.15, -0.1) is 0 Å². The number of nitrogens with one attached hydrogen (secondary N) is 1. The minimum Gasteiger partial charge on any atom is -0.355 e. The van der Waals surface area contributed by atoms with Crippen molar-refractivity contribution < 1.29 is 9.59 Å². The van der Waals surface area contributed by atoms with Gasteiger partial charge in [-0.25, -0.2) is 0 Å². The molecular weight excluding hydrogens is 300 g/mol. The first kappa shape index (κ1) is 16.7.